The highest BCUT2D eigenvalue weighted by molar-refractivity contribution is 7.99. The van der Waals surface area contributed by atoms with Crippen LogP contribution in [0.3, 0.4) is 0 Å². The first-order valence-corrected chi connectivity index (χ1v) is 6.17. The number of ether oxygens (including phenoxy) is 1. The van der Waals surface area contributed by atoms with Gasteiger partial charge in [-0.05, 0) is 34.3 Å². The molecule has 1 heterocycles. The van der Waals surface area contributed by atoms with Crippen LogP contribution in [0, 0.1) is 10.1 Å². The number of benzene rings is 1. The van der Waals surface area contributed by atoms with Gasteiger partial charge in [0, 0.05) is 17.0 Å². The molecule has 1 aromatic heterocycles. The van der Waals surface area contributed by atoms with Gasteiger partial charge in [0.1, 0.15) is 6.54 Å². The van der Waals surface area contributed by atoms with Gasteiger partial charge in [0.05, 0.1) is 12.0 Å². The van der Waals surface area contributed by atoms with E-state index in [0.717, 1.165) is 4.90 Å². The minimum absolute atomic E-state index is 0.00324. The van der Waals surface area contributed by atoms with Gasteiger partial charge < -0.3 is 4.74 Å². The number of carbonyl (C=O) groups is 1. The Bertz CT molecular complexity index is 627. The molecule has 104 valence electrons. The van der Waals surface area contributed by atoms with Crippen LogP contribution in [0.2, 0.25) is 0 Å². The number of nitrogens with zero attached hydrogens (tertiary/aromatic N) is 5. The third-order valence-corrected chi connectivity index (χ3v) is 3.25. The van der Waals surface area contributed by atoms with E-state index in [-0.39, 0.29) is 12.2 Å². The molecule has 0 aliphatic heterocycles. The maximum Gasteiger partial charge on any atom is 0.327 e. The van der Waals surface area contributed by atoms with E-state index in [2.05, 4.69) is 20.3 Å². The third kappa shape index (κ3) is 3.29. The molecule has 0 N–H and O–H groups in total. The number of carbonyl (C=O) groups excluding carboxylic acids is 1. The minimum Gasteiger partial charge on any atom is -0.468 e. The summed E-state index contributed by atoms with van der Waals surface area (Å²) >= 11 is 1.19. The SMILES string of the molecule is COC(=O)Cn1nnnc1Sc1ccc([N+](=O)[O-])cc1. The van der Waals surface area contributed by atoms with Crippen LogP contribution < -0.4 is 0 Å². The summed E-state index contributed by atoms with van der Waals surface area (Å²) in [6.45, 7) is -0.0984. The van der Waals surface area contributed by atoms with Crippen molar-refractivity contribution in [2.45, 2.75) is 16.6 Å². The van der Waals surface area contributed by atoms with Crippen molar-refractivity contribution in [1.82, 2.24) is 20.2 Å². The average Bonchev–Trinajstić information content (AvgIpc) is 2.86. The van der Waals surface area contributed by atoms with Crippen LogP contribution >= 0.6 is 11.8 Å². The fourth-order valence-corrected chi connectivity index (χ4v) is 2.06. The van der Waals surface area contributed by atoms with Crippen molar-refractivity contribution in [3.8, 4) is 0 Å². The number of rotatable bonds is 5. The molecule has 0 unspecified atom stereocenters. The smallest absolute Gasteiger partial charge is 0.327 e. The Balaban J connectivity index is 2.12. The van der Waals surface area contributed by atoms with Crippen molar-refractivity contribution in [3.05, 3.63) is 34.4 Å². The topological polar surface area (TPSA) is 113 Å². The molecule has 9 nitrogen and oxygen atoms in total. The van der Waals surface area contributed by atoms with Gasteiger partial charge in [0.2, 0.25) is 5.16 Å². The van der Waals surface area contributed by atoms with Crippen LogP contribution in [-0.4, -0.2) is 38.2 Å². The number of nitro groups is 1. The lowest BCUT2D eigenvalue weighted by molar-refractivity contribution is -0.384. The Kier molecular flexibility index (Phi) is 4.25. The van der Waals surface area contributed by atoms with E-state index < -0.39 is 10.9 Å². The molecular weight excluding hydrogens is 286 g/mol. The third-order valence-electron chi connectivity index (χ3n) is 2.26. The second kappa shape index (κ2) is 6.10. The van der Waals surface area contributed by atoms with E-state index in [0.29, 0.717) is 5.16 Å². The summed E-state index contributed by atoms with van der Waals surface area (Å²) < 4.78 is 5.82. The number of esters is 1. The quantitative estimate of drug-likeness (QED) is 0.454. The fraction of sp³-hybridized carbons (Fsp3) is 0.200. The highest BCUT2D eigenvalue weighted by Crippen LogP contribution is 2.26. The molecule has 0 spiro atoms. The van der Waals surface area contributed by atoms with E-state index in [9.17, 15) is 14.9 Å². The predicted octanol–water partition coefficient (Wildman–Crippen LogP) is 0.905. The molecule has 0 saturated carbocycles. The zero-order valence-electron chi connectivity index (χ0n) is 10.3. The molecule has 0 fully saturated rings. The van der Waals surface area contributed by atoms with Gasteiger partial charge in [-0.1, -0.05) is 0 Å². The predicted molar refractivity (Wildman–Crippen MR) is 67.1 cm³/mol. The molecule has 2 rings (SSSR count). The maximum absolute atomic E-state index is 11.2. The Morgan fingerprint density at radius 2 is 2.15 bits per heavy atom. The van der Waals surface area contributed by atoms with E-state index in [4.69, 9.17) is 0 Å². The summed E-state index contributed by atoms with van der Waals surface area (Å²) in [6, 6.07) is 5.94. The van der Waals surface area contributed by atoms with Gasteiger partial charge in [-0.2, -0.15) is 0 Å². The summed E-state index contributed by atoms with van der Waals surface area (Å²) in [6.07, 6.45) is 0. The number of aromatic nitrogens is 4. The highest BCUT2D eigenvalue weighted by atomic mass is 32.2. The lowest BCUT2D eigenvalue weighted by Gasteiger charge is -2.02. The zero-order valence-corrected chi connectivity index (χ0v) is 11.1. The molecular formula is C10H9N5O4S. The van der Waals surface area contributed by atoms with Crippen molar-refractivity contribution < 1.29 is 14.5 Å². The molecule has 1 aromatic carbocycles. The van der Waals surface area contributed by atoms with Gasteiger partial charge in [0.25, 0.3) is 5.69 Å². The molecule has 0 atom stereocenters. The first-order chi connectivity index (χ1) is 9.60. The maximum atomic E-state index is 11.2. The van der Waals surface area contributed by atoms with Gasteiger partial charge in [-0.25, -0.2) is 4.68 Å². The Hall–Kier alpha value is -2.49. The molecule has 0 amide bonds. The summed E-state index contributed by atoms with van der Waals surface area (Å²) in [5.41, 5.74) is 0.00324. The lowest BCUT2D eigenvalue weighted by Crippen LogP contribution is -2.13. The van der Waals surface area contributed by atoms with Crippen LogP contribution in [0.15, 0.2) is 34.3 Å². The molecule has 0 saturated heterocycles. The molecule has 10 heteroatoms. The number of nitro benzene ring substituents is 1. The first-order valence-electron chi connectivity index (χ1n) is 5.35. The highest BCUT2D eigenvalue weighted by Gasteiger charge is 2.12. The van der Waals surface area contributed by atoms with E-state index in [1.54, 1.807) is 12.1 Å². The van der Waals surface area contributed by atoms with Crippen molar-refractivity contribution in [1.29, 1.82) is 0 Å². The normalized spacial score (nSPS) is 10.2. The van der Waals surface area contributed by atoms with E-state index >= 15 is 0 Å². The monoisotopic (exact) mass is 295 g/mol. The van der Waals surface area contributed by atoms with Crippen molar-refractivity contribution in [2.75, 3.05) is 7.11 Å². The van der Waals surface area contributed by atoms with Gasteiger partial charge in [-0.3, -0.25) is 14.9 Å². The molecule has 20 heavy (non-hydrogen) atoms. The van der Waals surface area contributed by atoms with Crippen molar-refractivity contribution >= 4 is 23.4 Å². The van der Waals surface area contributed by atoms with Crippen LogP contribution in [0.4, 0.5) is 5.69 Å². The number of methoxy groups -OCH3 is 1. The number of non-ortho nitro benzene ring substituents is 1. The van der Waals surface area contributed by atoms with Crippen LogP contribution in [0.5, 0.6) is 0 Å². The van der Waals surface area contributed by atoms with Crippen molar-refractivity contribution in [2.24, 2.45) is 0 Å². The van der Waals surface area contributed by atoms with Gasteiger partial charge in [-0.15, -0.1) is 5.10 Å². The molecule has 2 aromatic rings. The molecule has 0 radical (unpaired) electrons. The Morgan fingerprint density at radius 3 is 2.75 bits per heavy atom. The van der Waals surface area contributed by atoms with Crippen LogP contribution in [0.25, 0.3) is 0 Å². The minimum atomic E-state index is -0.476. The summed E-state index contributed by atoms with van der Waals surface area (Å²) in [4.78, 5) is 22.0. The van der Waals surface area contributed by atoms with E-state index in [1.165, 1.54) is 35.7 Å². The second-order valence-electron chi connectivity index (χ2n) is 3.55. The number of hydrogen-bond acceptors (Lipinski definition) is 8. The largest absolute Gasteiger partial charge is 0.468 e. The average molecular weight is 295 g/mol. The number of tetrazole rings is 1. The number of hydrogen-bond donors (Lipinski definition) is 0. The molecule has 0 bridgehead atoms. The first kappa shape index (κ1) is 13.9. The van der Waals surface area contributed by atoms with Gasteiger partial charge >= 0.3 is 5.97 Å². The summed E-state index contributed by atoms with van der Waals surface area (Å²) in [5.74, 6) is -0.470. The molecule has 0 aliphatic carbocycles. The van der Waals surface area contributed by atoms with Crippen LogP contribution in [0.1, 0.15) is 0 Å². The van der Waals surface area contributed by atoms with Gasteiger partial charge in [0.15, 0.2) is 0 Å². The Morgan fingerprint density at radius 1 is 1.45 bits per heavy atom. The lowest BCUT2D eigenvalue weighted by atomic mass is 10.3. The fourth-order valence-electron chi connectivity index (χ4n) is 1.30. The van der Waals surface area contributed by atoms with Crippen molar-refractivity contribution in [3.63, 3.8) is 0 Å². The second-order valence-corrected chi connectivity index (χ2v) is 4.59. The Labute approximate surface area is 117 Å². The summed E-state index contributed by atoms with van der Waals surface area (Å²) in [7, 11) is 1.27. The zero-order chi connectivity index (χ0) is 14.5. The molecule has 0 aliphatic rings. The van der Waals surface area contributed by atoms with E-state index in [1.807, 2.05) is 0 Å². The standard InChI is InChI=1S/C10H9N5O4S/c1-19-9(16)6-14-10(11-12-13-14)20-8-4-2-7(3-5-8)15(17)18/h2-5H,6H2,1H3. The summed E-state index contributed by atoms with van der Waals surface area (Å²) in [5, 5.41) is 21.9. The van der Waals surface area contributed by atoms with Crippen LogP contribution in [-0.2, 0) is 16.1 Å².